The summed E-state index contributed by atoms with van der Waals surface area (Å²) in [5.74, 6) is 0. The molecule has 2 N–H and O–H groups in total. The maximum Gasteiger partial charge on any atom is 0.0332 e. The number of rotatable bonds is 7. The highest BCUT2D eigenvalue weighted by Crippen LogP contribution is 2.52. The van der Waals surface area contributed by atoms with E-state index in [0.717, 1.165) is 13.1 Å². The lowest BCUT2D eigenvalue weighted by Crippen LogP contribution is -2.57. The second-order valence-corrected chi connectivity index (χ2v) is 7.87. The summed E-state index contributed by atoms with van der Waals surface area (Å²) in [6.07, 6.45) is 12.7. The largest absolute Gasteiger partial charge is 0.329 e. The fourth-order valence-electron chi connectivity index (χ4n) is 4.83. The quantitative estimate of drug-likeness (QED) is 0.783. The molecule has 2 rings (SSSR count). The number of nitrogens with zero attached hydrogens (tertiary/aromatic N) is 2. The predicted molar refractivity (Wildman–Crippen MR) is 91.6 cm³/mol. The van der Waals surface area contributed by atoms with Gasteiger partial charge in [0.2, 0.25) is 0 Å². The molecule has 0 amide bonds. The summed E-state index contributed by atoms with van der Waals surface area (Å²) in [4.78, 5) is 5.00. The molecule has 21 heavy (non-hydrogen) atoms. The molecule has 2 aliphatic rings. The van der Waals surface area contributed by atoms with Gasteiger partial charge in [0.05, 0.1) is 0 Å². The molecule has 1 spiro atoms. The number of likely N-dealkylation sites (N-methyl/N-ethyl adjacent to an activating group) is 1. The van der Waals surface area contributed by atoms with E-state index in [0.29, 0.717) is 11.0 Å². The highest BCUT2D eigenvalue weighted by Gasteiger charge is 2.45. The van der Waals surface area contributed by atoms with E-state index in [1.54, 1.807) is 0 Å². The van der Waals surface area contributed by atoms with Crippen LogP contribution in [0.4, 0.5) is 0 Å². The molecular formula is C18H37N3. The third kappa shape index (κ3) is 4.00. The molecule has 2 aliphatic carbocycles. The molecule has 3 heteroatoms. The van der Waals surface area contributed by atoms with Crippen LogP contribution in [-0.4, -0.2) is 55.6 Å². The number of hydrogen-bond donors (Lipinski definition) is 1. The maximum atomic E-state index is 6.28. The van der Waals surface area contributed by atoms with Gasteiger partial charge in [-0.25, -0.2) is 0 Å². The van der Waals surface area contributed by atoms with Crippen molar-refractivity contribution in [2.45, 2.75) is 70.3 Å². The Morgan fingerprint density at radius 3 is 2.00 bits per heavy atom. The number of hydrogen-bond acceptors (Lipinski definition) is 3. The smallest absolute Gasteiger partial charge is 0.0332 e. The van der Waals surface area contributed by atoms with Crippen molar-refractivity contribution in [3.05, 3.63) is 0 Å². The van der Waals surface area contributed by atoms with Crippen LogP contribution in [0.3, 0.4) is 0 Å². The topological polar surface area (TPSA) is 32.5 Å². The molecule has 0 saturated heterocycles. The zero-order chi connectivity index (χ0) is 15.3. The Morgan fingerprint density at radius 2 is 1.52 bits per heavy atom. The molecule has 0 unspecified atom stereocenters. The van der Waals surface area contributed by atoms with Crippen molar-refractivity contribution in [1.29, 1.82) is 0 Å². The van der Waals surface area contributed by atoms with E-state index in [-0.39, 0.29) is 0 Å². The molecule has 0 bridgehead atoms. The maximum absolute atomic E-state index is 6.28. The van der Waals surface area contributed by atoms with E-state index in [1.165, 1.54) is 70.9 Å². The van der Waals surface area contributed by atoms with E-state index in [2.05, 4.69) is 30.8 Å². The van der Waals surface area contributed by atoms with Gasteiger partial charge in [0, 0.05) is 12.1 Å². The first-order valence-electron chi connectivity index (χ1n) is 9.16. The Kier molecular flexibility index (Phi) is 6.10. The fraction of sp³-hybridized carbons (Fsp3) is 1.00. The third-order valence-corrected chi connectivity index (χ3v) is 6.37. The minimum Gasteiger partial charge on any atom is -0.329 e. The van der Waals surface area contributed by atoms with Crippen molar-refractivity contribution in [3.8, 4) is 0 Å². The van der Waals surface area contributed by atoms with Crippen LogP contribution < -0.4 is 5.73 Å². The van der Waals surface area contributed by atoms with Crippen molar-refractivity contribution in [1.82, 2.24) is 9.80 Å². The lowest BCUT2D eigenvalue weighted by atomic mass is 9.66. The standard InChI is InChI=1S/C18H37N3/c1-4-21(15-7-14-20(2)3)18(16-19)12-10-17(11-13-18)8-5-6-9-17/h4-16,19H2,1-3H3. The van der Waals surface area contributed by atoms with Crippen LogP contribution in [0.2, 0.25) is 0 Å². The second kappa shape index (κ2) is 7.43. The summed E-state index contributed by atoms with van der Waals surface area (Å²) in [5.41, 5.74) is 7.29. The van der Waals surface area contributed by atoms with E-state index in [9.17, 15) is 0 Å². The number of nitrogens with two attached hydrogens (primary N) is 1. The molecule has 0 aromatic carbocycles. The Morgan fingerprint density at radius 1 is 0.905 bits per heavy atom. The molecule has 2 fully saturated rings. The van der Waals surface area contributed by atoms with Crippen LogP contribution in [0.5, 0.6) is 0 Å². The van der Waals surface area contributed by atoms with Gasteiger partial charge >= 0.3 is 0 Å². The van der Waals surface area contributed by atoms with E-state index in [4.69, 9.17) is 5.73 Å². The van der Waals surface area contributed by atoms with E-state index >= 15 is 0 Å². The van der Waals surface area contributed by atoms with Gasteiger partial charge in [-0.15, -0.1) is 0 Å². The fourth-order valence-corrected chi connectivity index (χ4v) is 4.83. The summed E-state index contributed by atoms with van der Waals surface area (Å²) in [6, 6.07) is 0. The van der Waals surface area contributed by atoms with Gasteiger partial charge in [-0.2, -0.15) is 0 Å². The highest BCUT2D eigenvalue weighted by atomic mass is 15.2. The molecule has 0 radical (unpaired) electrons. The Labute approximate surface area is 132 Å². The average Bonchev–Trinajstić information content (AvgIpc) is 2.94. The lowest BCUT2D eigenvalue weighted by Gasteiger charge is -2.50. The molecule has 0 aromatic rings. The van der Waals surface area contributed by atoms with Crippen molar-refractivity contribution in [2.75, 3.05) is 40.3 Å². The van der Waals surface area contributed by atoms with E-state index < -0.39 is 0 Å². The van der Waals surface area contributed by atoms with Gasteiger partial charge < -0.3 is 10.6 Å². The Balaban J connectivity index is 1.93. The average molecular weight is 296 g/mol. The molecule has 0 aliphatic heterocycles. The van der Waals surface area contributed by atoms with Gasteiger partial charge in [-0.05, 0) is 84.1 Å². The molecule has 124 valence electrons. The van der Waals surface area contributed by atoms with Crippen molar-refractivity contribution >= 4 is 0 Å². The summed E-state index contributed by atoms with van der Waals surface area (Å²) >= 11 is 0. The normalized spacial score (nSPS) is 24.3. The van der Waals surface area contributed by atoms with Gasteiger partial charge in [0.1, 0.15) is 0 Å². The lowest BCUT2D eigenvalue weighted by molar-refractivity contribution is 0.0153. The summed E-state index contributed by atoms with van der Waals surface area (Å²) in [7, 11) is 4.33. The summed E-state index contributed by atoms with van der Waals surface area (Å²) in [6.45, 7) is 6.70. The molecule has 0 atom stereocenters. The first kappa shape index (κ1) is 17.2. The first-order valence-corrected chi connectivity index (χ1v) is 9.16. The van der Waals surface area contributed by atoms with Crippen LogP contribution in [-0.2, 0) is 0 Å². The van der Waals surface area contributed by atoms with Crippen molar-refractivity contribution < 1.29 is 0 Å². The van der Waals surface area contributed by atoms with Gasteiger partial charge in [0.25, 0.3) is 0 Å². The molecular weight excluding hydrogens is 258 g/mol. The third-order valence-electron chi connectivity index (χ3n) is 6.37. The minimum absolute atomic E-state index is 0.300. The van der Waals surface area contributed by atoms with Crippen molar-refractivity contribution in [2.24, 2.45) is 11.1 Å². The SMILES string of the molecule is CCN(CCCN(C)C)C1(CN)CCC2(CCCC2)CC1. The van der Waals surface area contributed by atoms with Crippen LogP contribution in [0.25, 0.3) is 0 Å². The summed E-state index contributed by atoms with van der Waals surface area (Å²) in [5, 5.41) is 0. The monoisotopic (exact) mass is 295 g/mol. The van der Waals surface area contributed by atoms with Gasteiger partial charge in [0.15, 0.2) is 0 Å². The van der Waals surface area contributed by atoms with Crippen LogP contribution in [0.1, 0.15) is 64.7 Å². The molecule has 0 aromatic heterocycles. The van der Waals surface area contributed by atoms with E-state index in [1.807, 2.05) is 0 Å². The zero-order valence-electron chi connectivity index (χ0n) is 14.7. The second-order valence-electron chi connectivity index (χ2n) is 7.87. The predicted octanol–water partition coefficient (Wildman–Crippen LogP) is 3.09. The van der Waals surface area contributed by atoms with Crippen LogP contribution >= 0.6 is 0 Å². The van der Waals surface area contributed by atoms with Gasteiger partial charge in [-0.3, -0.25) is 4.90 Å². The zero-order valence-corrected chi connectivity index (χ0v) is 14.7. The van der Waals surface area contributed by atoms with Crippen LogP contribution in [0.15, 0.2) is 0 Å². The minimum atomic E-state index is 0.300. The first-order chi connectivity index (χ1) is 10.1. The molecule has 0 heterocycles. The Hall–Kier alpha value is -0.120. The molecule has 2 saturated carbocycles. The highest BCUT2D eigenvalue weighted by molar-refractivity contribution is 5.01. The molecule has 3 nitrogen and oxygen atoms in total. The van der Waals surface area contributed by atoms with Crippen LogP contribution in [0, 0.1) is 5.41 Å². The van der Waals surface area contributed by atoms with Crippen molar-refractivity contribution in [3.63, 3.8) is 0 Å². The Bertz CT molecular complexity index is 298. The summed E-state index contributed by atoms with van der Waals surface area (Å²) < 4.78 is 0. The van der Waals surface area contributed by atoms with Gasteiger partial charge in [-0.1, -0.05) is 19.8 Å².